The number of carbonyl (C=O) groups excluding carboxylic acids is 1. The molecular formula is C24H34N4O3. The summed E-state index contributed by atoms with van der Waals surface area (Å²) in [6.07, 6.45) is -0.561. The normalized spacial score (nSPS) is 12.4. The second-order valence-corrected chi connectivity index (χ2v) is 7.72. The number of aliphatic imine (C=N–C) groups is 1. The molecule has 31 heavy (non-hydrogen) atoms. The van der Waals surface area contributed by atoms with Crippen LogP contribution < -0.4 is 15.4 Å². The number of guanidine groups is 1. The second-order valence-electron chi connectivity index (χ2n) is 7.72. The van der Waals surface area contributed by atoms with Crippen molar-refractivity contribution in [1.29, 1.82) is 0 Å². The van der Waals surface area contributed by atoms with E-state index < -0.39 is 6.10 Å². The van der Waals surface area contributed by atoms with Crippen LogP contribution in [0.1, 0.15) is 48.4 Å². The minimum absolute atomic E-state index is 0.0251. The molecule has 1 amide bonds. The molecule has 3 N–H and O–H groups in total. The van der Waals surface area contributed by atoms with E-state index in [1.807, 2.05) is 69.3 Å². The van der Waals surface area contributed by atoms with Crippen LogP contribution in [-0.4, -0.2) is 55.2 Å². The molecule has 0 bridgehead atoms. The van der Waals surface area contributed by atoms with Crippen LogP contribution in [0.5, 0.6) is 5.75 Å². The standard InChI is InChI=1S/C24H34N4O3/c1-6-25-24(26-15-18-7-9-20(10-8-18)23(30)28(4)5)27-16-22(29)19-11-13-21(14-12-19)31-17(2)3/h7-14,17,22,29H,6,15-16H2,1-5H3,(H2,25,26,27). The Labute approximate surface area is 185 Å². The van der Waals surface area contributed by atoms with E-state index in [0.29, 0.717) is 31.2 Å². The molecule has 0 spiro atoms. The smallest absolute Gasteiger partial charge is 0.253 e. The molecule has 0 aliphatic carbocycles. The fourth-order valence-electron chi connectivity index (χ4n) is 2.87. The number of rotatable bonds is 9. The number of nitrogens with one attached hydrogen (secondary N) is 2. The molecule has 0 radical (unpaired) electrons. The number of ether oxygens (including phenoxy) is 1. The van der Waals surface area contributed by atoms with Gasteiger partial charge in [0.2, 0.25) is 0 Å². The van der Waals surface area contributed by atoms with Gasteiger partial charge in [-0.3, -0.25) is 4.79 Å². The summed E-state index contributed by atoms with van der Waals surface area (Å²) >= 11 is 0. The number of hydrogen-bond donors (Lipinski definition) is 3. The highest BCUT2D eigenvalue weighted by Gasteiger charge is 2.10. The summed E-state index contributed by atoms with van der Waals surface area (Å²) < 4.78 is 5.64. The Bertz CT molecular complexity index is 846. The van der Waals surface area contributed by atoms with Gasteiger partial charge in [-0.1, -0.05) is 24.3 Å². The molecule has 7 heteroatoms. The Kier molecular flexibility index (Phi) is 9.34. The largest absolute Gasteiger partial charge is 0.491 e. The quantitative estimate of drug-likeness (QED) is 0.424. The van der Waals surface area contributed by atoms with Crippen molar-refractivity contribution < 1.29 is 14.6 Å². The molecule has 2 aromatic rings. The Hall–Kier alpha value is -3.06. The summed E-state index contributed by atoms with van der Waals surface area (Å²) in [4.78, 5) is 18.1. The summed E-state index contributed by atoms with van der Waals surface area (Å²) in [5.74, 6) is 1.38. The van der Waals surface area contributed by atoms with E-state index in [1.165, 1.54) is 0 Å². The van der Waals surface area contributed by atoms with E-state index in [2.05, 4.69) is 15.6 Å². The average Bonchev–Trinajstić information content (AvgIpc) is 2.75. The number of hydrogen-bond acceptors (Lipinski definition) is 4. The van der Waals surface area contributed by atoms with Crippen LogP contribution in [0.2, 0.25) is 0 Å². The van der Waals surface area contributed by atoms with Crippen molar-refractivity contribution in [2.45, 2.75) is 39.5 Å². The predicted molar refractivity (Wildman–Crippen MR) is 124 cm³/mol. The first-order valence-electron chi connectivity index (χ1n) is 10.6. The van der Waals surface area contributed by atoms with Crippen molar-refractivity contribution in [3.63, 3.8) is 0 Å². The lowest BCUT2D eigenvalue weighted by molar-refractivity contribution is 0.0827. The van der Waals surface area contributed by atoms with E-state index in [-0.39, 0.29) is 12.0 Å². The number of amides is 1. The third kappa shape index (κ3) is 7.94. The average molecular weight is 427 g/mol. The van der Waals surface area contributed by atoms with Crippen LogP contribution >= 0.6 is 0 Å². The zero-order valence-electron chi connectivity index (χ0n) is 19.1. The van der Waals surface area contributed by atoms with E-state index in [0.717, 1.165) is 16.9 Å². The van der Waals surface area contributed by atoms with E-state index >= 15 is 0 Å². The minimum atomic E-state index is -0.673. The topological polar surface area (TPSA) is 86.2 Å². The molecule has 168 valence electrons. The third-order valence-corrected chi connectivity index (χ3v) is 4.47. The molecule has 0 heterocycles. The maximum absolute atomic E-state index is 12.0. The molecule has 7 nitrogen and oxygen atoms in total. The van der Waals surface area contributed by atoms with Gasteiger partial charge >= 0.3 is 0 Å². The van der Waals surface area contributed by atoms with Gasteiger partial charge in [0.05, 0.1) is 18.8 Å². The van der Waals surface area contributed by atoms with Gasteiger partial charge in [-0.05, 0) is 56.2 Å². The predicted octanol–water partition coefficient (Wildman–Crippen LogP) is 2.96. The van der Waals surface area contributed by atoms with Crippen LogP contribution in [0.25, 0.3) is 0 Å². The van der Waals surface area contributed by atoms with Gasteiger partial charge in [0.1, 0.15) is 5.75 Å². The Morgan fingerprint density at radius 3 is 2.26 bits per heavy atom. The molecule has 0 fully saturated rings. The van der Waals surface area contributed by atoms with E-state index in [1.54, 1.807) is 19.0 Å². The lowest BCUT2D eigenvalue weighted by Gasteiger charge is -2.16. The van der Waals surface area contributed by atoms with Gasteiger partial charge < -0.3 is 25.4 Å². The SMILES string of the molecule is CCNC(=NCc1ccc(C(=O)N(C)C)cc1)NCC(O)c1ccc(OC(C)C)cc1. The van der Waals surface area contributed by atoms with E-state index in [4.69, 9.17) is 4.74 Å². The lowest BCUT2D eigenvalue weighted by Crippen LogP contribution is -2.39. The monoisotopic (exact) mass is 426 g/mol. The van der Waals surface area contributed by atoms with Gasteiger partial charge in [0.15, 0.2) is 5.96 Å². The second kappa shape index (κ2) is 12.0. The van der Waals surface area contributed by atoms with Crippen LogP contribution in [0.3, 0.4) is 0 Å². The molecule has 1 atom stereocenters. The fraction of sp³-hybridized carbons (Fsp3) is 0.417. The molecule has 0 aliphatic heterocycles. The molecule has 2 rings (SSSR count). The molecule has 1 unspecified atom stereocenters. The summed E-state index contributed by atoms with van der Waals surface area (Å²) in [6, 6.07) is 14.9. The van der Waals surface area contributed by atoms with Gasteiger partial charge in [-0.2, -0.15) is 0 Å². The third-order valence-electron chi connectivity index (χ3n) is 4.47. The number of aliphatic hydroxyl groups excluding tert-OH is 1. The zero-order valence-corrected chi connectivity index (χ0v) is 19.1. The maximum atomic E-state index is 12.0. The van der Waals surface area contributed by atoms with E-state index in [9.17, 15) is 9.90 Å². The molecule has 0 aliphatic rings. The maximum Gasteiger partial charge on any atom is 0.253 e. The Balaban J connectivity index is 1.94. The number of aliphatic hydroxyl groups is 1. The Morgan fingerprint density at radius 2 is 1.71 bits per heavy atom. The summed E-state index contributed by atoms with van der Waals surface area (Å²) in [6.45, 7) is 7.44. The first-order chi connectivity index (χ1) is 14.8. The molecule has 0 saturated carbocycles. The molecule has 0 aromatic heterocycles. The van der Waals surface area contributed by atoms with Crippen molar-refractivity contribution in [3.8, 4) is 5.75 Å². The lowest BCUT2D eigenvalue weighted by atomic mass is 10.1. The van der Waals surface area contributed by atoms with Crippen molar-refractivity contribution in [2.24, 2.45) is 4.99 Å². The molecule has 2 aromatic carbocycles. The van der Waals surface area contributed by atoms with Crippen molar-refractivity contribution >= 4 is 11.9 Å². The van der Waals surface area contributed by atoms with Crippen LogP contribution in [0.15, 0.2) is 53.5 Å². The molecule has 0 saturated heterocycles. The molecular weight excluding hydrogens is 392 g/mol. The highest BCUT2D eigenvalue weighted by atomic mass is 16.5. The van der Waals surface area contributed by atoms with Crippen LogP contribution in [-0.2, 0) is 6.54 Å². The number of benzene rings is 2. The number of nitrogens with zero attached hydrogens (tertiary/aromatic N) is 2. The highest BCUT2D eigenvalue weighted by Crippen LogP contribution is 2.18. The number of carbonyl (C=O) groups is 1. The van der Waals surface area contributed by atoms with Crippen LogP contribution in [0, 0.1) is 0 Å². The summed E-state index contributed by atoms with van der Waals surface area (Å²) in [5, 5.41) is 16.9. The minimum Gasteiger partial charge on any atom is -0.491 e. The van der Waals surface area contributed by atoms with Crippen LogP contribution in [0.4, 0.5) is 0 Å². The first kappa shape index (κ1) is 24.2. The first-order valence-corrected chi connectivity index (χ1v) is 10.6. The van der Waals surface area contributed by atoms with Gasteiger partial charge in [-0.15, -0.1) is 0 Å². The van der Waals surface area contributed by atoms with Gasteiger partial charge in [-0.25, -0.2) is 4.99 Å². The van der Waals surface area contributed by atoms with Crippen molar-refractivity contribution in [1.82, 2.24) is 15.5 Å². The highest BCUT2D eigenvalue weighted by molar-refractivity contribution is 5.93. The van der Waals surface area contributed by atoms with Gasteiger partial charge in [0, 0.05) is 32.7 Å². The van der Waals surface area contributed by atoms with Crippen molar-refractivity contribution in [2.75, 3.05) is 27.2 Å². The Morgan fingerprint density at radius 1 is 1.06 bits per heavy atom. The fourth-order valence-corrected chi connectivity index (χ4v) is 2.87. The summed E-state index contributed by atoms with van der Waals surface area (Å²) in [7, 11) is 3.47. The van der Waals surface area contributed by atoms with Gasteiger partial charge in [0.25, 0.3) is 5.91 Å². The zero-order chi connectivity index (χ0) is 22.8. The summed E-state index contributed by atoms with van der Waals surface area (Å²) in [5.41, 5.74) is 2.45. The van der Waals surface area contributed by atoms with Crippen molar-refractivity contribution in [3.05, 3.63) is 65.2 Å².